The van der Waals surface area contributed by atoms with Crippen molar-refractivity contribution in [2.45, 2.75) is 18.9 Å². The molecule has 0 spiro atoms. The summed E-state index contributed by atoms with van der Waals surface area (Å²) in [4.78, 5) is 58.5. The SMILES string of the molecule is COCC(=O)NCCOCCOCCOc1cccc(C(=O)NC2CCC(=O)NC2=O)c1C=O. The molecule has 12 nitrogen and oxygen atoms in total. The summed E-state index contributed by atoms with van der Waals surface area (Å²) in [6.45, 7) is 1.70. The van der Waals surface area contributed by atoms with Gasteiger partial charge in [-0.15, -0.1) is 0 Å². The fourth-order valence-electron chi connectivity index (χ4n) is 3.03. The lowest BCUT2D eigenvalue weighted by molar-refractivity contribution is -0.134. The molecule has 1 aromatic rings. The number of aldehydes is 1. The summed E-state index contributed by atoms with van der Waals surface area (Å²) < 4.78 is 21.0. The lowest BCUT2D eigenvalue weighted by Gasteiger charge is -2.22. The molecule has 1 heterocycles. The van der Waals surface area contributed by atoms with Gasteiger partial charge in [-0.25, -0.2) is 0 Å². The number of piperidine rings is 1. The van der Waals surface area contributed by atoms with Crippen molar-refractivity contribution in [3.63, 3.8) is 0 Å². The zero-order valence-corrected chi connectivity index (χ0v) is 18.9. The van der Waals surface area contributed by atoms with Crippen LogP contribution in [-0.4, -0.2) is 89.3 Å². The number of imide groups is 1. The lowest BCUT2D eigenvalue weighted by atomic mass is 10.0. The predicted octanol–water partition coefficient (Wildman–Crippen LogP) is -0.791. The third-order valence-corrected chi connectivity index (χ3v) is 4.67. The first kappa shape index (κ1) is 26.9. The average Bonchev–Trinajstić information content (AvgIpc) is 2.81. The normalized spacial score (nSPS) is 15.4. The van der Waals surface area contributed by atoms with Crippen LogP contribution in [-0.2, 0) is 28.6 Å². The van der Waals surface area contributed by atoms with Crippen molar-refractivity contribution in [3.05, 3.63) is 29.3 Å². The largest absolute Gasteiger partial charge is 0.490 e. The Kier molecular flexibility index (Phi) is 11.7. The first-order valence-corrected chi connectivity index (χ1v) is 10.7. The van der Waals surface area contributed by atoms with Gasteiger partial charge >= 0.3 is 0 Å². The maximum absolute atomic E-state index is 12.6. The van der Waals surface area contributed by atoms with E-state index in [0.717, 1.165) is 0 Å². The number of amides is 4. The summed E-state index contributed by atoms with van der Waals surface area (Å²) >= 11 is 0. The van der Waals surface area contributed by atoms with Crippen LogP contribution in [0.25, 0.3) is 0 Å². The number of benzene rings is 1. The van der Waals surface area contributed by atoms with Gasteiger partial charge in [-0.1, -0.05) is 6.07 Å². The number of carbonyl (C=O) groups is 5. The molecule has 1 aromatic carbocycles. The van der Waals surface area contributed by atoms with Crippen LogP contribution in [0.1, 0.15) is 33.6 Å². The molecule has 1 unspecified atom stereocenters. The highest BCUT2D eigenvalue weighted by Crippen LogP contribution is 2.21. The second kappa shape index (κ2) is 14.7. The molecule has 0 aromatic heterocycles. The Morgan fingerprint density at radius 2 is 1.85 bits per heavy atom. The zero-order valence-electron chi connectivity index (χ0n) is 18.9. The Hall–Kier alpha value is -3.35. The number of rotatable bonds is 15. The van der Waals surface area contributed by atoms with E-state index in [4.69, 9.17) is 18.9 Å². The average molecular weight is 479 g/mol. The Morgan fingerprint density at radius 1 is 1.12 bits per heavy atom. The number of nitrogens with one attached hydrogen (secondary N) is 3. The molecule has 2 rings (SSSR count). The van der Waals surface area contributed by atoms with Crippen LogP contribution in [0.5, 0.6) is 5.75 Å². The molecule has 0 radical (unpaired) electrons. The van der Waals surface area contributed by atoms with Gasteiger partial charge in [0.25, 0.3) is 5.91 Å². The number of carbonyl (C=O) groups excluding carboxylic acids is 5. The predicted molar refractivity (Wildman–Crippen MR) is 117 cm³/mol. The van der Waals surface area contributed by atoms with E-state index in [0.29, 0.717) is 32.7 Å². The van der Waals surface area contributed by atoms with Crippen molar-refractivity contribution in [3.8, 4) is 5.75 Å². The summed E-state index contributed by atoms with van der Waals surface area (Å²) in [5.41, 5.74) is 0.107. The van der Waals surface area contributed by atoms with Gasteiger partial charge in [0.1, 0.15) is 25.0 Å². The number of hydrogen-bond acceptors (Lipinski definition) is 9. The van der Waals surface area contributed by atoms with Crippen molar-refractivity contribution < 1.29 is 42.9 Å². The highest BCUT2D eigenvalue weighted by molar-refractivity contribution is 6.06. The van der Waals surface area contributed by atoms with Gasteiger partial charge in [0.15, 0.2) is 6.29 Å². The smallest absolute Gasteiger partial charge is 0.252 e. The van der Waals surface area contributed by atoms with Crippen molar-refractivity contribution in [1.82, 2.24) is 16.0 Å². The van der Waals surface area contributed by atoms with Crippen LogP contribution < -0.4 is 20.7 Å². The van der Waals surface area contributed by atoms with Crippen LogP contribution in [0.3, 0.4) is 0 Å². The van der Waals surface area contributed by atoms with Crippen LogP contribution in [0.15, 0.2) is 18.2 Å². The summed E-state index contributed by atoms with van der Waals surface area (Å²) in [5, 5.41) is 7.33. The molecule has 1 aliphatic rings. The third-order valence-electron chi connectivity index (χ3n) is 4.67. The fourth-order valence-corrected chi connectivity index (χ4v) is 3.03. The van der Waals surface area contributed by atoms with Crippen molar-refractivity contribution in [1.29, 1.82) is 0 Å². The standard InChI is InChI=1S/C22H29N3O9/c1-31-14-20(28)23-7-8-32-9-10-33-11-12-34-18-4-2-3-15(16(18)13-26)21(29)24-17-5-6-19(27)25-22(17)30/h2-4,13,17H,5-12,14H2,1H3,(H,23,28)(H,24,29)(H,25,27,30). The van der Waals surface area contributed by atoms with E-state index < -0.39 is 17.9 Å². The molecule has 1 fully saturated rings. The molecule has 1 aliphatic heterocycles. The zero-order chi connectivity index (χ0) is 24.8. The van der Waals surface area contributed by atoms with Gasteiger partial charge < -0.3 is 29.6 Å². The maximum Gasteiger partial charge on any atom is 0.252 e. The Bertz CT molecular complexity index is 875. The van der Waals surface area contributed by atoms with Crippen molar-refractivity contribution in [2.75, 3.05) is 53.3 Å². The molecule has 186 valence electrons. The minimum Gasteiger partial charge on any atom is -0.490 e. The fraction of sp³-hybridized carbons (Fsp3) is 0.500. The molecule has 0 bridgehead atoms. The second-order valence-electron chi connectivity index (χ2n) is 7.17. The molecule has 12 heteroatoms. The number of hydrogen-bond donors (Lipinski definition) is 3. The van der Waals surface area contributed by atoms with Crippen LogP contribution in [0.4, 0.5) is 0 Å². The van der Waals surface area contributed by atoms with Gasteiger partial charge in [-0.3, -0.25) is 29.3 Å². The van der Waals surface area contributed by atoms with Gasteiger partial charge in [0.05, 0.1) is 37.6 Å². The number of ether oxygens (including phenoxy) is 4. The van der Waals surface area contributed by atoms with Crippen LogP contribution in [0, 0.1) is 0 Å². The summed E-state index contributed by atoms with van der Waals surface area (Å²) in [6, 6.07) is 3.70. The van der Waals surface area contributed by atoms with Gasteiger partial charge in [-0.2, -0.15) is 0 Å². The Labute approximate surface area is 196 Å². The Balaban J connectivity index is 1.71. The van der Waals surface area contributed by atoms with Crippen molar-refractivity contribution in [2.24, 2.45) is 0 Å². The minimum atomic E-state index is -0.855. The molecule has 4 amide bonds. The van der Waals surface area contributed by atoms with E-state index >= 15 is 0 Å². The van der Waals surface area contributed by atoms with E-state index in [9.17, 15) is 24.0 Å². The molecular formula is C22H29N3O9. The van der Waals surface area contributed by atoms with E-state index in [2.05, 4.69) is 16.0 Å². The monoisotopic (exact) mass is 479 g/mol. The first-order valence-electron chi connectivity index (χ1n) is 10.7. The number of methoxy groups -OCH3 is 1. The molecular weight excluding hydrogens is 450 g/mol. The topological polar surface area (TPSA) is 158 Å². The molecule has 3 N–H and O–H groups in total. The van der Waals surface area contributed by atoms with E-state index in [1.165, 1.54) is 13.2 Å². The van der Waals surface area contributed by atoms with Crippen LogP contribution >= 0.6 is 0 Å². The van der Waals surface area contributed by atoms with E-state index in [1.54, 1.807) is 12.1 Å². The summed E-state index contributed by atoms with van der Waals surface area (Å²) in [7, 11) is 1.44. The quantitative estimate of drug-likeness (QED) is 0.166. The first-order chi connectivity index (χ1) is 16.5. The van der Waals surface area contributed by atoms with E-state index in [1.807, 2.05) is 0 Å². The minimum absolute atomic E-state index is 0.00233. The third kappa shape index (κ3) is 8.89. The van der Waals surface area contributed by atoms with E-state index in [-0.39, 0.29) is 61.4 Å². The molecule has 0 saturated carbocycles. The molecule has 34 heavy (non-hydrogen) atoms. The summed E-state index contributed by atoms with van der Waals surface area (Å²) in [6.07, 6.45) is 0.817. The van der Waals surface area contributed by atoms with Crippen molar-refractivity contribution >= 4 is 29.9 Å². The lowest BCUT2D eigenvalue weighted by Crippen LogP contribution is -2.52. The highest BCUT2D eigenvalue weighted by atomic mass is 16.5. The molecule has 0 aliphatic carbocycles. The van der Waals surface area contributed by atoms with Gasteiger partial charge in [-0.05, 0) is 18.6 Å². The van der Waals surface area contributed by atoms with Gasteiger partial charge in [0, 0.05) is 20.1 Å². The maximum atomic E-state index is 12.6. The Morgan fingerprint density at radius 3 is 2.56 bits per heavy atom. The highest BCUT2D eigenvalue weighted by Gasteiger charge is 2.29. The molecule has 1 saturated heterocycles. The van der Waals surface area contributed by atoms with Gasteiger partial charge in [0.2, 0.25) is 17.7 Å². The van der Waals surface area contributed by atoms with Crippen LogP contribution in [0.2, 0.25) is 0 Å². The molecule has 1 atom stereocenters. The second-order valence-corrected chi connectivity index (χ2v) is 7.17. The summed E-state index contributed by atoms with van der Waals surface area (Å²) in [5.74, 6) is -1.60.